The second-order valence-electron chi connectivity index (χ2n) is 3.27. The van der Waals surface area contributed by atoms with Crippen molar-refractivity contribution in [3.05, 3.63) is 0 Å². The predicted molar refractivity (Wildman–Crippen MR) is 55.8 cm³/mol. The van der Waals surface area contributed by atoms with E-state index in [-0.39, 0.29) is 0 Å². The second-order valence-corrected chi connectivity index (χ2v) is 3.27. The molecule has 4 nitrogen and oxygen atoms in total. The summed E-state index contributed by atoms with van der Waals surface area (Å²) >= 11 is 0. The molecular weight excluding hydrogens is 166 g/mol. The molecule has 0 aliphatic rings. The highest BCUT2D eigenvalue weighted by Crippen LogP contribution is 1.91. The summed E-state index contributed by atoms with van der Waals surface area (Å²) in [6, 6.07) is 0. The largest absolute Gasteiger partial charge is 0.379 e. The maximum Gasteiger partial charge on any atom is 0.188 e. The Hall–Kier alpha value is -0.770. The fourth-order valence-electron chi connectivity index (χ4n) is 0.787. The Bertz CT molecular complexity index is 146. The van der Waals surface area contributed by atoms with Gasteiger partial charge in [-0.1, -0.05) is 13.8 Å². The average molecular weight is 187 g/mol. The molecular formula is C9H21N3O. The van der Waals surface area contributed by atoms with E-state index in [4.69, 9.17) is 10.5 Å². The minimum atomic E-state index is 0.496. The lowest BCUT2D eigenvalue weighted by molar-refractivity contribution is 0.117. The Morgan fingerprint density at radius 3 is 2.77 bits per heavy atom. The van der Waals surface area contributed by atoms with Crippen LogP contribution in [0, 0.1) is 5.92 Å². The quantitative estimate of drug-likeness (QED) is 0.363. The fourth-order valence-corrected chi connectivity index (χ4v) is 0.787. The van der Waals surface area contributed by atoms with E-state index in [0.29, 0.717) is 25.0 Å². The number of nitrogens with zero attached hydrogens (tertiary/aromatic N) is 1. The number of ether oxygens (including phenoxy) is 1. The molecule has 78 valence electrons. The molecule has 4 heteroatoms. The Morgan fingerprint density at radius 1 is 1.54 bits per heavy atom. The zero-order chi connectivity index (χ0) is 10.1. The SMILES string of the molecule is CCNC(N)=NCCOCC(C)C. The maximum absolute atomic E-state index is 5.51. The average Bonchev–Trinajstić information content (AvgIpc) is 2.03. The van der Waals surface area contributed by atoms with E-state index in [1.54, 1.807) is 0 Å². The molecule has 0 bridgehead atoms. The number of aliphatic imine (C=N–C) groups is 1. The van der Waals surface area contributed by atoms with Crippen molar-refractivity contribution in [2.24, 2.45) is 16.6 Å². The van der Waals surface area contributed by atoms with E-state index in [2.05, 4.69) is 24.2 Å². The van der Waals surface area contributed by atoms with Crippen molar-refractivity contribution in [2.45, 2.75) is 20.8 Å². The lowest BCUT2D eigenvalue weighted by Gasteiger charge is -2.05. The van der Waals surface area contributed by atoms with Gasteiger partial charge < -0.3 is 15.8 Å². The Morgan fingerprint density at radius 2 is 2.23 bits per heavy atom. The van der Waals surface area contributed by atoms with Crippen LogP contribution in [0.2, 0.25) is 0 Å². The van der Waals surface area contributed by atoms with Crippen molar-refractivity contribution in [1.82, 2.24) is 5.32 Å². The van der Waals surface area contributed by atoms with Crippen molar-refractivity contribution in [2.75, 3.05) is 26.3 Å². The Kier molecular flexibility index (Phi) is 7.39. The minimum Gasteiger partial charge on any atom is -0.379 e. The Labute approximate surface area is 80.6 Å². The third kappa shape index (κ3) is 9.14. The zero-order valence-electron chi connectivity index (χ0n) is 8.84. The van der Waals surface area contributed by atoms with E-state index >= 15 is 0 Å². The molecule has 0 aromatic rings. The molecule has 0 unspecified atom stereocenters. The fraction of sp³-hybridized carbons (Fsp3) is 0.889. The van der Waals surface area contributed by atoms with Crippen LogP contribution >= 0.6 is 0 Å². The molecule has 0 aromatic heterocycles. The van der Waals surface area contributed by atoms with Gasteiger partial charge in [0.15, 0.2) is 5.96 Å². The highest BCUT2D eigenvalue weighted by molar-refractivity contribution is 5.77. The maximum atomic E-state index is 5.51. The molecule has 0 aliphatic carbocycles. The monoisotopic (exact) mass is 187 g/mol. The number of guanidine groups is 1. The van der Waals surface area contributed by atoms with E-state index in [1.165, 1.54) is 0 Å². The first-order valence-electron chi connectivity index (χ1n) is 4.78. The van der Waals surface area contributed by atoms with Gasteiger partial charge in [-0.15, -0.1) is 0 Å². The van der Waals surface area contributed by atoms with Crippen molar-refractivity contribution in [3.8, 4) is 0 Å². The summed E-state index contributed by atoms with van der Waals surface area (Å²) in [5.41, 5.74) is 5.51. The summed E-state index contributed by atoms with van der Waals surface area (Å²) in [5.74, 6) is 1.07. The van der Waals surface area contributed by atoms with Gasteiger partial charge in [-0.05, 0) is 12.8 Å². The first kappa shape index (κ1) is 12.2. The number of rotatable bonds is 6. The van der Waals surface area contributed by atoms with Crippen LogP contribution in [0.1, 0.15) is 20.8 Å². The molecule has 0 amide bonds. The summed E-state index contributed by atoms with van der Waals surface area (Å²) in [7, 11) is 0. The van der Waals surface area contributed by atoms with E-state index in [9.17, 15) is 0 Å². The molecule has 13 heavy (non-hydrogen) atoms. The van der Waals surface area contributed by atoms with Crippen molar-refractivity contribution >= 4 is 5.96 Å². The van der Waals surface area contributed by atoms with Crippen molar-refractivity contribution in [1.29, 1.82) is 0 Å². The van der Waals surface area contributed by atoms with E-state index in [1.807, 2.05) is 6.92 Å². The first-order chi connectivity index (χ1) is 6.16. The molecule has 0 heterocycles. The number of nitrogens with one attached hydrogen (secondary N) is 1. The van der Waals surface area contributed by atoms with Crippen LogP contribution in [-0.2, 0) is 4.74 Å². The minimum absolute atomic E-state index is 0.496. The summed E-state index contributed by atoms with van der Waals surface area (Å²) in [6.45, 7) is 9.10. The Balaban J connectivity index is 3.28. The molecule has 3 N–H and O–H groups in total. The standard InChI is InChI=1S/C9H21N3O/c1-4-11-9(10)12-5-6-13-7-8(2)3/h8H,4-7H2,1-3H3,(H3,10,11,12). The third-order valence-corrected chi connectivity index (χ3v) is 1.33. The predicted octanol–water partition coefficient (Wildman–Crippen LogP) is 0.583. The van der Waals surface area contributed by atoms with Crippen molar-refractivity contribution < 1.29 is 4.74 Å². The van der Waals surface area contributed by atoms with Gasteiger partial charge in [-0.25, -0.2) is 0 Å². The lowest BCUT2D eigenvalue weighted by atomic mass is 10.2. The topological polar surface area (TPSA) is 59.6 Å². The zero-order valence-corrected chi connectivity index (χ0v) is 8.84. The van der Waals surface area contributed by atoms with Gasteiger partial charge in [0, 0.05) is 13.2 Å². The number of nitrogens with two attached hydrogens (primary N) is 1. The lowest BCUT2D eigenvalue weighted by Crippen LogP contribution is -2.31. The molecule has 0 saturated carbocycles. The molecule has 0 aliphatic heterocycles. The summed E-state index contributed by atoms with van der Waals surface area (Å²) in [6.07, 6.45) is 0. The van der Waals surface area contributed by atoms with E-state index in [0.717, 1.165) is 13.2 Å². The van der Waals surface area contributed by atoms with Crippen LogP contribution in [0.5, 0.6) is 0 Å². The van der Waals surface area contributed by atoms with Crippen LogP contribution < -0.4 is 11.1 Å². The highest BCUT2D eigenvalue weighted by atomic mass is 16.5. The normalized spacial score (nSPS) is 12.2. The highest BCUT2D eigenvalue weighted by Gasteiger charge is 1.92. The second kappa shape index (κ2) is 7.86. The van der Waals surface area contributed by atoms with Gasteiger partial charge in [0.25, 0.3) is 0 Å². The van der Waals surface area contributed by atoms with Crippen LogP contribution in [0.15, 0.2) is 4.99 Å². The third-order valence-electron chi connectivity index (χ3n) is 1.33. The van der Waals surface area contributed by atoms with Gasteiger partial charge in [0.2, 0.25) is 0 Å². The smallest absolute Gasteiger partial charge is 0.188 e. The molecule has 0 aromatic carbocycles. The summed E-state index contributed by atoms with van der Waals surface area (Å²) in [5, 5.41) is 2.92. The summed E-state index contributed by atoms with van der Waals surface area (Å²) in [4.78, 5) is 4.07. The molecule has 0 radical (unpaired) electrons. The number of hydrogen-bond donors (Lipinski definition) is 2. The van der Waals surface area contributed by atoms with Gasteiger partial charge in [-0.3, -0.25) is 4.99 Å². The molecule has 0 rings (SSSR count). The summed E-state index contributed by atoms with van der Waals surface area (Å²) < 4.78 is 5.33. The van der Waals surface area contributed by atoms with E-state index < -0.39 is 0 Å². The molecule has 0 saturated heterocycles. The first-order valence-corrected chi connectivity index (χ1v) is 4.78. The van der Waals surface area contributed by atoms with Crippen LogP contribution in [-0.4, -0.2) is 32.3 Å². The van der Waals surface area contributed by atoms with Crippen LogP contribution in [0.3, 0.4) is 0 Å². The van der Waals surface area contributed by atoms with Crippen molar-refractivity contribution in [3.63, 3.8) is 0 Å². The van der Waals surface area contributed by atoms with Gasteiger partial charge in [-0.2, -0.15) is 0 Å². The molecule has 0 spiro atoms. The van der Waals surface area contributed by atoms with Gasteiger partial charge in [0.1, 0.15) is 0 Å². The van der Waals surface area contributed by atoms with Crippen LogP contribution in [0.25, 0.3) is 0 Å². The number of hydrogen-bond acceptors (Lipinski definition) is 2. The van der Waals surface area contributed by atoms with Gasteiger partial charge in [0.05, 0.1) is 13.2 Å². The molecule has 0 atom stereocenters. The van der Waals surface area contributed by atoms with Gasteiger partial charge >= 0.3 is 0 Å². The molecule has 0 fully saturated rings. The van der Waals surface area contributed by atoms with Crippen LogP contribution in [0.4, 0.5) is 0 Å².